The van der Waals surface area contributed by atoms with E-state index in [1.165, 1.54) is 18.7 Å². The Morgan fingerprint density at radius 3 is 1.81 bits per heavy atom. The highest BCUT2D eigenvalue weighted by atomic mass is 32.2. The minimum Gasteiger partial charge on any atom is -0.481 e. The number of nitrogens with two attached hydrogens (primary N) is 1. The van der Waals surface area contributed by atoms with Crippen molar-refractivity contribution >= 4 is 41.4 Å². The lowest BCUT2D eigenvalue weighted by atomic mass is 10.0. The molecule has 0 aliphatic heterocycles. The van der Waals surface area contributed by atoms with Gasteiger partial charge in [-0.05, 0) is 44.1 Å². The van der Waals surface area contributed by atoms with Crippen LogP contribution in [0.15, 0.2) is 0 Å². The number of aliphatic carboxylic acids is 2. The summed E-state index contributed by atoms with van der Waals surface area (Å²) in [6.07, 6.45) is 1.58. The largest absolute Gasteiger partial charge is 0.481 e. The van der Waals surface area contributed by atoms with Crippen LogP contribution < -0.4 is 21.7 Å². The van der Waals surface area contributed by atoms with Crippen molar-refractivity contribution < 1.29 is 34.2 Å². The molecule has 0 aromatic heterocycles. The summed E-state index contributed by atoms with van der Waals surface area (Å²) in [5, 5.41) is 25.6. The van der Waals surface area contributed by atoms with E-state index in [1.54, 1.807) is 6.26 Å². The summed E-state index contributed by atoms with van der Waals surface area (Å²) in [5.41, 5.74) is 5.54. The normalized spacial score (nSPS) is 14.8. The van der Waals surface area contributed by atoms with Gasteiger partial charge in [-0.25, -0.2) is 4.79 Å². The molecule has 12 heteroatoms. The van der Waals surface area contributed by atoms with Crippen molar-refractivity contribution in [1.29, 1.82) is 0 Å². The van der Waals surface area contributed by atoms with Gasteiger partial charge in [0.2, 0.25) is 17.7 Å². The van der Waals surface area contributed by atoms with Gasteiger partial charge in [0.05, 0.1) is 6.04 Å². The van der Waals surface area contributed by atoms with E-state index >= 15 is 0 Å². The molecule has 31 heavy (non-hydrogen) atoms. The minimum absolute atomic E-state index is 0.0263. The van der Waals surface area contributed by atoms with Crippen molar-refractivity contribution in [2.75, 3.05) is 12.0 Å². The molecule has 4 atom stereocenters. The van der Waals surface area contributed by atoms with Crippen molar-refractivity contribution in [2.24, 2.45) is 11.7 Å². The second kappa shape index (κ2) is 14.6. The van der Waals surface area contributed by atoms with Gasteiger partial charge in [0.25, 0.3) is 0 Å². The summed E-state index contributed by atoms with van der Waals surface area (Å²) in [5.74, 6) is -3.91. The van der Waals surface area contributed by atoms with Crippen LogP contribution in [0.5, 0.6) is 0 Å². The third kappa shape index (κ3) is 12.2. The van der Waals surface area contributed by atoms with Gasteiger partial charge in [-0.3, -0.25) is 19.2 Å². The molecule has 11 nitrogen and oxygen atoms in total. The topological polar surface area (TPSA) is 188 Å². The van der Waals surface area contributed by atoms with Crippen LogP contribution in [0.25, 0.3) is 0 Å². The molecule has 0 aromatic rings. The number of hydrogen-bond donors (Lipinski definition) is 6. The Kier molecular flexibility index (Phi) is 13.5. The Hall–Kier alpha value is -2.34. The monoisotopic (exact) mass is 462 g/mol. The number of thioether (sulfide) groups is 1. The molecule has 0 fully saturated rings. The van der Waals surface area contributed by atoms with Gasteiger partial charge in [-0.15, -0.1) is 0 Å². The number of carbonyl (C=O) groups is 5. The summed E-state index contributed by atoms with van der Waals surface area (Å²) in [6, 6.07) is -4.28. The van der Waals surface area contributed by atoms with Crippen molar-refractivity contribution in [1.82, 2.24) is 16.0 Å². The molecule has 0 bridgehead atoms. The van der Waals surface area contributed by atoms with Crippen molar-refractivity contribution in [2.45, 2.75) is 70.6 Å². The maximum atomic E-state index is 12.8. The number of nitrogens with one attached hydrogen (secondary N) is 3. The lowest BCUT2D eigenvalue weighted by Crippen LogP contribution is -2.57. The Balaban J connectivity index is 5.45. The highest BCUT2D eigenvalue weighted by molar-refractivity contribution is 7.98. The Morgan fingerprint density at radius 2 is 1.35 bits per heavy atom. The first-order valence-electron chi connectivity index (χ1n) is 9.99. The average Bonchev–Trinajstić information content (AvgIpc) is 2.66. The molecule has 0 rings (SSSR count). The van der Waals surface area contributed by atoms with E-state index in [4.69, 9.17) is 10.8 Å². The first-order valence-corrected chi connectivity index (χ1v) is 11.4. The molecule has 3 amide bonds. The van der Waals surface area contributed by atoms with E-state index in [1.807, 2.05) is 13.8 Å². The maximum absolute atomic E-state index is 12.8. The van der Waals surface area contributed by atoms with Crippen molar-refractivity contribution in [3.8, 4) is 0 Å². The van der Waals surface area contributed by atoms with Gasteiger partial charge >= 0.3 is 11.9 Å². The van der Waals surface area contributed by atoms with Crippen LogP contribution in [0.2, 0.25) is 0 Å². The highest BCUT2D eigenvalue weighted by Crippen LogP contribution is 2.08. The van der Waals surface area contributed by atoms with Gasteiger partial charge < -0.3 is 31.9 Å². The molecule has 0 heterocycles. The van der Waals surface area contributed by atoms with Gasteiger partial charge in [0, 0.05) is 6.42 Å². The van der Waals surface area contributed by atoms with E-state index in [0.29, 0.717) is 5.75 Å². The third-order valence-electron chi connectivity index (χ3n) is 4.26. The summed E-state index contributed by atoms with van der Waals surface area (Å²) < 4.78 is 0. The Labute approximate surface area is 186 Å². The predicted octanol–water partition coefficient (Wildman–Crippen LogP) is -0.463. The quantitative estimate of drug-likeness (QED) is 0.187. The zero-order valence-corrected chi connectivity index (χ0v) is 19.2. The lowest BCUT2D eigenvalue weighted by Gasteiger charge is -2.25. The zero-order valence-electron chi connectivity index (χ0n) is 18.3. The fraction of sp³-hybridized carbons (Fsp3) is 0.737. The number of carbonyl (C=O) groups excluding carboxylic acids is 3. The molecule has 0 saturated carbocycles. The van der Waals surface area contributed by atoms with Crippen LogP contribution in [-0.4, -0.2) is 76.0 Å². The Morgan fingerprint density at radius 1 is 0.839 bits per heavy atom. The highest BCUT2D eigenvalue weighted by Gasteiger charge is 2.30. The fourth-order valence-electron chi connectivity index (χ4n) is 2.58. The fourth-order valence-corrected chi connectivity index (χ4v) is 3.05. The first kappa shape index (κ1) is 28.7. The zero-order chi connectivity index (χ0) is 24.1. The molecular formula is C19H34N4O7S. The molecule has 0 aliphatic carbocycles. The van der Waals surface area contributed by atoms with Gasteiger partial charge in [-0.1, -0.05) is 13.8 Å². The van der Waals surface area contributed by atoms with E-state index < -0.39 is 60.2 Å². The molecule has 7 N–H and O–H groups in total. The van der Waals surface area contributed by atoms with Crippen LogP contribution in [0.4, 0.5) is 0 Å². The van der Waals surface area contributed by atoms with Crippen LogP contribution >= 0.6 is 11.8 Å². The first-order chi connectivity index (χ1) is 14.4. The average molecular weight is 463 g/mol. The molecular weight excluding hydrogens is 428 g/mol. The summed E-state index contributed by atoms with van der Waals surface area (Å²) in [4.78, 5) is 59.8. The summed E-state index contributed by atoms with van der Waals surface area (Å²) in [6.45, 7) is 5.15. The van der Waals surface area contributed by atoms with Gasteiger partial charge in [0.1, 0.15) is 18.1 Å². The molecule has 0 saturated heterocycles. The number of carboxylic acid groups (broad SMARTS) is 2. The summed E-state index contributed by atoms with van der Waals surface area (Å²) >= 11 is 1.41. The van der Waals surface area contributed by atoms with E-state index in [2.05, 4.69) is 16.0 Å². The predicted molar refractivity (Wildman–Crippen MR) is 116 cm³/mol. The smallest absolute Gasteiger partial charge is 0.326 e. The SMILES string of the molecule is CSCCC(NC(=O)C(CCC(=O)O)NC(=O)C(CC(C)C)NC(=O)C(C)N)C(=O)O. The molecule has 4 unspecified atom stereocenters. The standard InChI is InChI=1S/C19H34N4O7S/c1-10(2)9-14(23-16(26)11(3)20)18(28)21-12(5-6-15(24)25)17(27)22-13(19(29)30)7-8-31-4/h10-14H,5-9,20H2,1-4H3,(H,21,28)(H,22,27)(H,23,26)(H,24,25)(H,29,30). The molecule has 178 valence electrons. The third-order valence-corrected chi connectivity index (χ3v) is 4.90. The molecule has 0 radical (unpaired) electrons. The van der Waals surface area contributed by atoms with Crippen LogP contribution in [0, 0.1) is 5.92 Å². The summed E-state index contributed by atoms with van der Waals surface area (Å²) in [7, 11) is 0. The van der Waals surface area contributed by atoms with E-state index in [-0.39, 0.29) is 25.2 Å². The van der Waals surface area contributed by atoms with Crippen molar-refractivity contribution in [3.63, 3.8) is 0 Å². The second-order valence-electron chi connectivity index (χ2n) is 7.65. The van der Waals surface area contributed by atoms with E-state index in [9.17, 15) is 29.1 Å². The van der Waals surface area contributed by atoms with E-state index in [0.717, 1.165) is 0 Å². The van der Waals surface area contributed by atoms with Gasteiger partial charge in [-0.2, -0.15) is 11.8 Å². The van der Waals surface area contributed by atoms with Gasteiger partial charge in [0.15, 0.2) is 0 Å². The Bertz CT molecular complexity index is 643. The van der Waals surface area contributed by atoms with Crippen molar-refractivity contribution in [3.05, 3.63) is 0 Å². The minimum atomic E-state index is -1.28. The second-order valence-corrected chi connectivity index (χ2v) is 8.64. The van der Waals surface area contributed by atoms with Crippen LogP contribution in [0.3, 0.4) is 0 Å². The van der Waals surface area contributed by atoms with Crippen LogP contribution in [-0.2, 0) is 24.0 Å². The number of amides is 3. The number of carboxylic acids is 2. The van der Waals surface area contributed by atoms with Crippen LogP contribution in [0.1, 0.15) is 46.5 Å². The molecule has 0 aromatic carbocycles. The molecule has 0 aliphatic rings. The lowest BCUT2D eigenvalue weighted by molar-refractivity contribution is -0.143. The number of rotatable bonds is 15. The molecule has 0 spiro atoms. The maximum Gasteiger partial charge on any atom is 0.326 e. The number of hydrogen-bond acceptors (Lipinski definition) is 7.